The maximum absolute atomic E-state index is 11.3. The number of ether oxygens (including phenoxy) is 1. The lowest BCUT2D eigenvalue weighted by Crippen LogP contribution is -2.34. The first-order valence-corrected chi connectivity index (χ1v) is 7.14. The Hall–Kier alpha value is -2.37. The van der Waals surface area contributed by atoms with E-state index >= 15 is 0 Å². The van der Waals surface area contributed by atoms with E-state index in [0.29, 0.717) is 5.92 Å². The molecule has 3 rings (SSSR count). The fourth-order valence-electron chi connectivity index (χ4n) is 2.85. The summed E-state index contributed by atoms with van der Waals surface area (Å²) in [5, 5.41) is 12.6. The molecule has 21 heavy (non-hydrogen) atoms. The van der Waals surface area contributed by atoms with Gasteiger partial charge in [0.2, 0.25) is 0 Å². The van der Waals surface area contributed by atoms with Gasteiger partial charge >= 0.3 is 6.09 Å². The molecule has 1 aliphatic carbocycles. The van der Waals surface area contributed by atoms with E-state index in [9.17, 15) is 4.79 Å². The summed E-state index contributed by atoms with van der Waals surface area (Å²) >= 11 is 0. The summed E-state index contributed by atoms with van der Waals surface area (Å²) in [6.07, 6.45) is 9.55. The van der Waals surface area contributed by atoms with Gasteiger partial charge in [-0.2, -0.15) is 0 Å². The van der Waals surface area contributed by atoms with Gasteiger partial charge in [0.25, 0.3) is 0 Å². The van der Waals surface area contributed by atoms with Crippen molar-refractivity contribution in [2.24, 2.45) is 5.92 Å². The average Bonchev–Trinajstić information content (AvgIpc) is 3.01. The van der Waals surface area contributed by atoms with Crippen LogP contribution in [-0.2, 0) is 4.74 Å². The molecular formula is C15H20N4O2. The molecule has 2 aliphatic heterocycles. The van der Waals surface area contributed by atoms with Crippen LogP contribution in [0, 0.1) is 5.92 Å². The van der Waals surface area contributed by atoms with Gasteiger partial charge in [0.05, 0.1) is 19.5 Å². The number of carbonyl (C=O) groups is 1. The van der Waals surface area contributed by atoms with Gasteiger partial charge in [-0.15, -0.1) is 0 Å². The molecule has 0 aromatic heterocycles. The predicted molar refractivity (Wildman–Crippen MR) is 79.7 cm³/mol. The molecule has 0 aromatic carbocycles. The zero-order chi connectivity index (χ0) is 14.7. The maximum Gasteiger partial charge on any atom is 0.411 e. The maximum atomic E-state index is 11.3. The SMILES string of the molecule is COC(=O)NC1=CC=C2NCC/C(=C\C3=CNCN3)[C@@H]2C1. The molecule has 1 amide bonds. The van der Waals surface area contributed by atoms with Gasteiger partial charge in [-0.05, 0) is 31.1 Å². The summed E-state index contributed by atoms with van der Waals surface area (Å²) in [4.78, 5) is 11.3. The fraction of sp³-hybridized carbons (Fsp3) is 0.400. The van der Waals surface area contributed by atoms with Crippen molar-refractivity contribution < 1.29 is 9.53 Å². The first-order valence-electron chi connectivity index (χ1n) is 7.14. The van der Waals surface area contributed by atoms with E-state index in [1.165, 1.54) is 18.4 Å². The third-order valence-corrected chi connectivity index (χ3v) is 3.89. The van der Waals surface area contributed by atoms with E-state index in [-0.39, 0.29) is 0 Å². The number of hydrogen-bond donors (Lipinski definition) is 4. The lowest BCUT2D eigenvalue weighted by molar-refractivity contribution is 0.173. The van der Waals surface area contributed by atoms with E-state index < -0.39 is 6.09 Å². The normalized spacial score (nSPS) is 25.5. The lowest BCUT2D eigenvalue weighted by Gasteiger charge is -2.33. The number of hydrogen-bond acceptors (Lipinski definition) is 5. The van der Waals surface area contributed by atoms with Crippen LogP contribution in [0.25, 0.3) is 0 Å². The van der Waals surface area contributed by atoms with E-state index in [0.717, 1.165) is 37.4 Å². The first-order chi connectivity index (χ1) is 10.3. The molecule has 0 aromatic rings. The van der Waals surface area contributed by atoms with Crippen LogP contribution in [0.3, 0.4) is 0 Å². The van der Waals surface area contributed by atoms with Gasteiger partial charge in [0.15, 0.2) is 0 Å². The van der Waals surface area contributed by atoms with Crippen molar-refractivity contribution in [2.45, 2.75) is 12.8 Å². The number of piperidine rings is 1. The largest absolute Gasteiger partial charge is 0.453 e. The van der Waals surface area contributed by atoms with Crippen molar-refractivity contribution in [3.63, 3.8) is 0 Å². The van der Waals surface area contributed by atoms with Crippen molar-refractivity contribution in [2.75, 3.05) is 20.3 Å². The highest BCUT2D eigenvalue weighted by Crippen LogP contribution is 2.34. The third kappa shape index (κ3) is 3.04. The molecule has 1 fully saturated rings. The third-order valence-electron chi connectivity index (χ3n) is 3.89. The molecule has 6 nitrogen and oxygen atoms in total. The molecule has 0 unspecified atom stereocenters. The monoisotopic (exact) mass is 288 g/mol. The smallest absolute Gasteiger partial charge is 0.411 e. The van der Waals surface area contributed by atoms with Crippen LogP contribution in [0.15, 0.2) is 47.1 Å². The molecule has 0 saturated carbocycles. The van der Waals surface area contributed by atoms with Crippen molar-refractivity contribution >= 4 is 6.09 Å². The quantitative estimate of drug-likeness (QED) is 0.611. The van der Waals surface area contributed by atoms with Gasteiger partial charge in [-0.3, -0.25) is 5.32 Å². The van der Waals surface area contributed by atoms with Crippen LogP contribution in [0.1, 0.15) is 12.8 Å². The van der Waals surface area contributed by atoms with E-state index in [4.69, 9.17) is 0 Å². The van der Waals surface area contributed by atoms with E-state index in [1.807, 2.05) is 18.4 Å². The lowest BCUT2D eigenvalue weighted by atomic mass is 9.82. The minimum absolute atomic E-state index is 0.291. The molecule has 3 aliphatic rings. The molecule has 112 valence electrons. The van der Waals surface area contributed by atoms with Crippen LogP contribution in [0.5, 0.6) is 0 Å². The van der Waals surface area contributed by atoms with Gasteiger partial charge in [0.1, 0.15) is 0 Å². The summed E-state index contributed by atoms with van der Waals surface area (Å²) in [6, 6.07) is 0. The fourth-order valence-corrected chi connectivity index (χ4v) is 2.85. The molecule has 1 saturated heterocycles. The summed E-state index contributed by atoms with van der Waals surface area (Å²) in [5.74, 6) is 0.291. The van der Waals surface area contributed by atoms with Crippen molar-refractivity contribution in [1.29, 1.82) is 0 Å². The van der Waals surface area contributed by atoms with Crippen LogP contribution in [-0.4, -0.2) is 26.4 Å². The number of fused-ring (bicyclic) bond motifs is 1. The standard InChI is InChI=1S/C15H20N4O2/c1-21-15(20)19-11-2-3-14-13(7-11)10(4-5-17-14)6-12-8-16-9-18-12/h2-3,6,8,13,16-18H,4-5,7,9H2,1H3,(H,19,20)/b10-6+/t13-/m0/s1. The average molecular weight is 288 g/mol. The molecule has 0 bridgehead atoms. The second-order valence-corrected chi connectivity index (χ2v) is 5.24. The summed E-state index contributed by atoms with van der Waals surface area (Å²) in [7, 11) is 1.37. The zero-order valence-electron chi connectivity index (χ0n) is 12.0. The van der Waals surface area contributed by atoms with Crippen LogP contribution >= 0.6 is 0 Å². The van der Waals surface area contributed by atoms with Gasteiger partial charge in [-0.1, -0.05) is 5.57 Å². The Labute approximate surface area is 124 Å². The minimum atomic E-state index is -0.420. The summed E-state index contributed by atoms with van der Waals surface area (Å²) < 4.78 is 4.65. The predicted octanol–water partition coefficient (Wildman–Crippen LogP) is 1.04. The summed E-state index contributed by atoms with van der Waals surface area (Å²) in [6.45, 7) is 1.72. The van der Waals surface area contributed by atoms with Gasteiger partial charge in [0, 0.05) is 30.1 Å². The molecular weight excluding hydrogens is 268 g/mol. The second kappa shape index (κ2) is 5.95. The summed E-state index contributed by atoms with van der Waals surface area (Å²) in [5.41, 5.74) is 4.59. The Balaban J connectivity index is 1.77. The van der Waals surface area contributed by atoms with Crippen LogP contribution in [0.2, 0.25) is 0 Å². The van der Waals surface area contributed by atoms with Gasteiger partial charge < -0.3 is 20.7 Å². The number of nitrogens with one attached hydrogen (secondary N) is 4. The zero-order valence-corrected chi connectivity index (χ0v) is 12.0. The molecule has 4 N–H and O–H groups in total. The van der Waals surface area contributed by atoms with Gasteiger partial charge in [-0.25, -0.2) is 4.79 Å². The topological polar surface area (TPSA) is 74.4 Å². The Kier molecular flexibility index (Phi) is 3.85. The number of methoxy groups -OCH3 is 1. The van der Waals surface area contributed by atoms with Crippen LogP contribution < -0.4 is 21.3 Å². The van der Waals surface area contributed by atoms with Crippen molar-refractivity contribution in [3.05, 3.63) is 47.1 Å². The molecule has 0 radical (unpaired) electrons. The highest BCUT2D eigenvalue weighted by Gasteiger charge is 2.27. The molecule has 2 heterocycles. The van der Waals surface area contributed by atoms with Crippen molar-refractivity contribution in [3.8, 4) is 0 Å². The minimum Gasteiger partial charge on any atom is -0.453 e. The number of rotatable bonds is 2. The highest BCUT2D eigenvalue weighted by atomic mass is 16.5. The second-order valence-electron chi connectivity index (χ2n) is 5.24. The Morgan fingerprint density at radius 1 is 1.43 bits per heavy atom. The Morgan fingerprint density at radius 3 is 3.10 bits per heavy atom. The number of amides is 1. The molecule has 1 atom stereocenters. The Bertz CT molecular complexity index is 560. The molecule has 6 heteroatoms. The number of allylic oxidation sites excluding steroid dienone is 5. The molecule has 0 spiro atoms. The number of alkyl carbamates (subject to hydrolysis) is 1. The Morgan fingerprint density at radius 2 is 2.33 bits per heavy atom. The van der Waals surface area contributed by atoms with E-state index in [2.05, 4.69) is 32.1 Å². The van der Waals surface area contributed by atoms with E-state index in [1.54, 1.807) is 0 Å². The van der Waals surface area contributed by atoms with Crippen molar-refractivity contribution in [1.82, 2.24) is 21.3 Å². The highest BCUT2D eigenvalue weighted by molar-refractivity contribution is 5.69. The van der Waals surface area contributed by atoms with Crippen LogP contribution in [0.4, 0.5) is 4.79 Å². The first kappa shape index (κ1) is 13.6. The number of carbonyl (C=O) groups excluding carboxylic acids is 1.